The number of nitrogens with one attached hydrogen (secondary N) is 2. The van der Waals surface area contributed by atoms with Gasteiger partial charge in [0.15, 0.2) is 23.1 Å². The Hall–Kier alpha value is -3.07. The Labute approximate surface area is 157 Å². The molecule has 0 spiro atoms. The zero-order chi connectivity index (χ0) is 19.2. The topological polar surface area (TPSA) is 104 Å². The van der Waals surface area contributed by atoms with Gasteiger partial charge in [-0.05, 0) is 25.0 Å². The molecule has 9 nitrogen and oxygen atoms in total. The fourth-order valence-electron chi connectivity index (χ4n) is 2.76. The van der Waals surface area contributed by atoms with Gasteiger partial charge in [0.1, 0.15) is 6.10 Å². The molecule has 27 heavy (non-hydrogen) atoms. The van der Waals surface area contributed by atoms with E-state index in [9.17, 15) is 4.79 Å². The molecular formula is C18H22N4O5. The van der Waals surface area contributed by atoms with Crippen molar-refractivity contribution in [3.05, 3.63) is 24.3 Å². The highest BCUT2D eigenvalue weighted by Crippen LogP contribution is 2.40. The molecule has 144 valence electrons. The molecule has 1 saturated heterocycles. The molecule has 1 aromatic carbocycles. The van der Waals surface area contributed by atoms with Gasteiger partial charge in [0.2, 0.25) is 5.75 Å². The third kappa shape index (κ3) is 4.37. The number of hydrogen-bond acceptors (Lipinski definition) is 8. The van der Waals surface area contributed by atoms with E-state index in [4.69, 9.17) is 18.9 Å². The molecule has 0 bridgehead atoms. The maximum absolute atomic E-state index is 12.0. The average molecular weight is 374 g/mol. The predicted molar refractivity (Wildman–Crippen MR) is 99.0 cm³/mol. The summed E-state index contributed by atoms with van der Waals surface area (Å²) < 4.78 is 21.3. The number of ether oxygens (including phenoxy) is 4. The minimum Gasteiger partial charge on any atom is -0.493 e. The number of methoxy groups -OCH3 is 3. The van der Waals surface area contributed by atoms with Crippen LogP contribution in [-0.2, 0) is 9.53 Å². The van der Waals surface area contributed by atoms with Crippen LogP contribution in [0, 0.1) is 0 Å². The van der Waals surface area contributed by atoms with E-state index in [0.29, 0.717) is 41.2 Å². The molecule has 0 aliphatic carbocycles. The summed E-state index contributed by atoms with van der Waals surface area (Å²) in [5.74, 6) is 2.21. The van der Waals surface area contributed by atoms with Gasteiger partial charge >= 0.3 is 0 Å². The van der Waals surface area contributed by atoms with E-state index in [-0.39, 0.29) is 5.91 Å². The Kier molecular flexibility index (Phi) is 5.92. The molecule has 1 atom stereocenters. The van der Waals surface area contributed by atoms with Gasteiger partial charge in [-0.25, -0.2) is 0 Å². The Morgan fingerprint density at radius 1 is 1.07 bits per heavy atom. The number of carbonyl (C=O) groups excluding carboxylic acids is 1. The lowest BCUT2D eigenvalue weighted by Crippen LogP contribution is -2.27. The van der Waals surface area contributed by atoms with E-state index in [1.165, 1.54) is 0 Å². The standard InChI is InChI=1S/C18H22N4O5/c1-24-13-9-11(10-14(25-2)17(13)26-3)19-15-6-7-16(22-21-15)20-18(23)12-5-4-8-27-12/h6-7,9-10,12H,4-5,8H2,1-3H3,(H,19,21)(H,20,22,23). The minimum atomic E-state index is -0.413. The Morgan fingerprint density at radius 3 is 2.26 bits per heavy atom. The van der Waals surface area contributed by atoms with Crippen LogP contribution in [0.2, 0.25) is 0 Å². The summed E-state index contributed by atoms with van der Waals surface area (Å²) in [5, 5.41) is 13.9. The first-order chi connectivity index (χ1) is 13.1. The Bertz CT molecular complexity index is 766. The van der Waals surface area contributed by atoms with E-state index in [1.54, 1.807) is 45.6 Å². The van der Waals surface area contributed by atoms with Gasteiger partial charge in [-0.15, -0.1) is 10.2 Å². The van der Waals surface area contributed by atoms with Crippen LogP contribution in [0.3, 0.4) is 0 Å². The van der Waals surface area contributed by atoms with Crippen molar-refractivity contribution >= 4 is 23.2 Å². The lowest BCUT2D eigenvalue weighted by molar-refractivity contribution is -0.124. The maximum Gasteiger partial charge on any atom is 0.254 e. The third-order valence-corrected chi connectivity index (χ3v) is 4.08. The van der Waals surface area contributed by atoms with Gasteiger partial charge < -0.3 is 29.6 Å². The van der Waals surface area contributed by atoms with Crippen LogP contribution in [0.5, 0.6) is 17.2 Å². The predicted octanol–water partition coefficient (Wildman–Crippen LogP) is 2.36. The smallest absolute Gasteiger partial charge is 0.254 e. The van der Waals surface area contributed by atoms with Crippen molar-refractivity contribution in [3.8, 4) is 17.2 Å². The van der Waals surface area contributed by atoms with Gasteiger partial charge in [-0.2, -0.15) is 0 Å². The number of hydrogen-bond donors (Lipinski definition) is 2. The first-order valence-electron chi connectivity index (χ1n) is 8.48. The highest BCUT2D eigenvalue weighted by molar-refractivity contribution is 5.93. The summed E-state index contributed by atoms with van der Waals surface area (Å²) in [6.07, 6.45) is 1.20. The highest BCUT2D eigenvalue weighted by atomic mass is 16.5. The molecular weight excluding hydrogens is 352 g/mol. The molecule has 2 heterocycles. The van der Waals surface area contributed by atoms with Crippen molar-refractivity contribution in [2.75, 3.05) is 38.6 Å². The van der Waals surface area contributed by atoms with Crippen LogP contribution in [0.15, 0.2) is 24.3 Å². The number of amides is 1. The summed E-state index contributed by atoms with van der Waals surface area (Å²) in [7, 11) is 4.64. The monoisotopic (exact) mass is 374 g/mol. The second-order valence-corrected chi connectivity index (χ2v) is 5.83. The van der Waals surface area contributed by atoms with Crippen LogP contribution >= 0.6 is 0 Å². The van der Waals surface area contributed by atoms with Crippen LogP contribution in [0.1, 0.15) is 12.8 Å². The molecule has 1 amide bonds. The van der Waals surface area contributed by atoms with Crippen LogP contribution in [0.4, 0.5) is 17.3 Å². The van der Waals surface area contributed by atoms with Gasteiger partial charge in [-0.3, -0.25) is 4.79 Å². The zero-order valence-corrected chi connectivity index (χ0v) is 15.4. The van der Waals surface area contributed by atoms with E-state index in [1.807, 2.05) is 0 Å². The lowest BCUT2D eigenvalue weighted by atomic mass is 10.2. The minimum absolute atomic E-state index is 0.202. The molecule has 1 aliphatic rings. The average Bonchev–Trinajstić information content (AvgIpc) is 3.23. The fourth-order valence-corrected chi connectivity index (χ4v) is 2.76. The third-order valence-electron chi connectivity index (χ3n) is 4.08. The number of nitrogens with zero attached hydrogens (tertiary/aromatic N) is 2. The number of anilines is 3. The van der Waals surface area contributed by atoms with Crippen LogP contribution in [0.25, 0.3) is 0 Å². The molecule has 1 unspecified atom stereocenters. The fraction of sp³-hybridized carbons (Fsp3) is 0.389. The van der Waals surface area contributed by atoms with Crippen molar-refractivity contribution < 1.29 is 23.7 Å². The van der Waals surface area contributed by atoms with E-state index < -0.39 is 6.10 Å². The van der Waals surface area contributed by atoms with Crippen molar-refractivity contribution in [1.82, 2.24) is 10.2 Å². The second kappa shape index (κ2) is 8.54. The van der Waals surface area contributed by atoms with Gasteiger partial charge in [0, 0.05) is 24.4 Å². The van der Waals surface area contributed by atoms with Crippen molar-refractivity contribution in [1.29, 1.82) is 0 Å². The number of carbonyl (C=O) groups is 1. The summed E-state index contributed by atoms with van der Waals surface area (Å²) in [6, 6.07) is 6.90. The quantitative estimate of drug-likeness (QED) is 0.761. The first-order valence-corrected chi connectivity index (χ1v) is 8.48. The van der Waals surface area contributed by atoms with Gasteiger partial charge in [0.05, 0.1) is 21.3 Å². The van der Waals surface area contributed by atoms with Gasteiger partial charge in [-0.1, -0.05) is 0 Å². The molecule has 1 aliphatic heterocycles. The summed E-state index contributed by atoms with van der Waals surface area (Å²) in [6.45, 7) is 0.613. The molecule has 0 radical (unpaired) electrons. The molecule has 0 saturated carbocycles. The van der Waals surface area contributed by atoms with Gasteiger partial charge in [0.25, 0.3) is 5.91 Å². The van der Waals surface area contributed by atoms with Crippen LogP contribution in [-0.4, -0.2) is 50.1 Å². The molecule has 1 fully saturated rings. The normalized spacial score (nSPS) is 15.9. The second-order valence-electron chi connectivity index (χ2n) is 5.83. The van der Waals surface area contributed by atoms with Crippen molar-refractivity contribution in [2.45, 2.75) is 18.9 Å². The van der Waals surface area contributed by atoms with Crippen molar-refractivity contribution in [3.63, 3.8) is 0 Å². The maximum atomic E-state index is 12.0. The summed E-state index contributed by atoms with van der Waals surface area (Å²) >= 11 is 0. The van der Waals surface area contributed by atoms with E-state index >= 15 is 0 Å². The highest BCUT2D eigenvalue weighted by Gasteiger charge is 2.23. The van der Waals surface area contributed by atoms with Crippen molar-refractivity contribution in [2.24, 2.45) is 0 Å². The largest absolute Gasteiger partial charge is 0.493 e. The Balaban J connectivity index is 1.70. The summed E-state index contributed by atoms with van der Waals surface area (Å²) in [4.78, 5) is 12.0. The molecule has 2 aromatic rings. The first kappa shape index (κ1) is 18.7. The molecule has 9 heteroatoms. The number of benzene rings is 1. The zero-order valence-electron chi connectivity index (χ0n) is 15.4. The molecule has 2 N–H and O–H groups in total. The van der Waals surface area contributed by atoms with E-state index in [0.717, 1.165) is 12.8 Å². The SMILES string of the molecule is COc1cc(Nc2ccc(NC(=O)C3CCCO3)nn2)cc(OC)c1OC. The molecule has 3 rings (SSSR count). The molecule has 1 aromatic heterocycles. The van der Waals surface area contributed by atoms with Crippen LogP contribution < -0.4 is 24.8 Å². The lowest BCUT2D eigenvalue weighted by Gasteiger charge is -2.15. The number of aromatic nitrogens is 2. The Morgan fingerprint density at radius 2 is 1.74 bits per heavy atom. The summed E-state index contributed by atoms with van der Waals surface area (Å²) in [5.41, 5.74) is 0.690. The number of rotatable bonds is 7. The van der Waals surface area contributed by atoms with E-state index in [2.05, 4.69) is 20.8 Å².